The Morgan fingerprint density at radius 3 is 2.12 bits per heavy atom. The van der Waals surface area contributed by atoms with Crippen molar-refractivity contribution in [2.45, 2.75) is 27.7 Å². The Morgan fingerprint density at radius 1 is 0.958 bits per heavy atom. The molecular weight excluding hydrogens is 294 g/mol. The molecule has 0 saturated carbocycles. The van der Waals surface area contributed by atoms with Crippen molar-refractivity contribution in [2.24, 2.45) is 4.99 Å². The molecule has 0 spiro atoms. The molecule has 0 fully saturated rings. The number of rotatable bonds is 6. The summed E-state index contributed by atoms with van der Waals surface area (Å²) in [7, 11) is 0. The molecule has 0 aromatic heterocycles. The van der Waals surface area contributed by atoms with Gasteiger partial charge in [-0.05, 0) is 51.5 Å². The first-order valence-electron chi connectivity index (χ1n) is 8.21. The predicted octanol–water partition coefficient (Wildman–Crippen LogP) is 5.76. The van der Waals surface area contributed by atoms with Crippen LogP contribution in [0.4, 0.5) is 0 Å². The van der Waals surface area contributed by atoms with Crippen LogP contribution in [0.2, 0.25) is 0 Å². The van der Waals surface area contributed by atoms with Gasteiger partial charge in [-0.3, -0.25) is 4.99 Å². The summed E-state index contributed by atoms with van der Waals surface area (Å²) >= 11 is 0. The highest BCUT2D eigenvalue weighted by molar-refractivity contribution is 5.96. The zero-order chi connectivity index (χ0) is 17.4. The molecule has 0 radical (unpaired) electrons. The second-order valence-electron chi connectivity index (χ2n) is 5.88. The van der Waals surface area contributed by atoms with Crippen molar-refractivity contribution in [3.05, 3.63) is 83.1 Å². The fourth-order valence-electron chi connectivity index (χ4n) is 2.13. The first-order chi connectivity index (χ1) is 11.6. The van der Waals surface area contributed by atoms with Gasteiger partial charge in [0.1, 0.15) is 12.4 Å². The maximum atomic E-state index is 5.79. The van der Waals surface area contributed by atoms with Gasteiger partial charge in [-0.2, -0.15) is 0 Å². The molecule has 2 nitrogen and oxygen atoms in total. The van der Waals surface area contributed by atoms with Gasteiger partial charge in [0.25, 0.3) is 0 Å². The highest BCUT2D eigenvalue weighted by Crippen LogP contribution is 2.13. The molecule has 0 saturated heterocycles. The van der Waals surface area contributed by atoms with Crippen molar-refractivity contribution in [2.75, 3.05) is 6.61 Å². The van der Waals surface area contributed by atoms with E-state index in [0.29, 0.717) is 6.61 Å². The van der Waals surface area contributed by atoms with Crippen molar-refractivity contribution in [1.29, 1.82) is 0 Å². The Balaban J connectivity index is 1.95. The van der Waals surface area contributed by atoms with Crippen LogP contribution in [-0.2, 0) is 0 Å². The van der Waals surface area contributed by atoms with Crippen molar-refractivity contribution < 1.29 is 4.74 Å². The van der Waals surface area contributed by atoms with Gasteiger partial charge in [0, 0.05) is 5.71 Å². The van der Waals surface area contributed by atoms with Gasteiger partial charge >= 0.3 is 0 Å². The molecule has 0 unspecified atom stereocenters. The normalized spacial score (nSPS) is 12.7. The summed E-state index contributed by atoms with van der Waals surface area (Å²) in [4.78, 5) is 4.63. The van der Waals surface area contributed by atoms with Gasteiger partial charge in [0.15, 0.2) is 0 Å². The molecular formula is C22H25NO. The topological polar surface area (TPSA) is 21.6 Å². The fourth-order valence-corrected chi connectivity index (χ4v) is 2.13. The van der Waals surface area contributed by atoms with Crippen LogP contribution in [0, 0.1) is 13.8 Å². The third kappa shape index (κ3) is 5.88. The Labute approximate surface area is 145 Å². The molecule has 2 heteroatoms. The lowest BCUT2D eigenvalue weighted by Gasteiger charge is -2.07. The van der Waals surface area contributed by atoms with Gasteiger partial charge in [0.2, 0.25) is 0 Å². The predicted molar refractivity (Wildman–Crippen MR) is 104 cm³/mol. The van der Waals surface area contributed by atoms with E-state index in [9.17, 15) is 0 Å². The Bertz CT molecular complexity index is 735. The van der Waals surface area contributed by atoms with E-state index in [1.165, 1.54) is 16.7 Å². The Morgan fingerprint density at radius 2 is 1.54 bits per heavy atom. The highest BCUT2D eigenvalue weighted by Gasteiger charge is 1.98. The summed E-state index contributed by atoms with van der Waals surface area (Å²) in [5.41, 5.74) is 5.54. The lowest BCUT2D eigenvalue weighted by molar-refractivity contribution is 0.350. The second-order valence-corrected chi connectivity index (χ2v) is 5.88. The van der Waals surface area contributed by atoms with Crippen LogP contribution in [0.15, 0.2) is 71.4 Å². The van der Waals surface area contributed by atoms with E-state index >= 15 is 0 Å². The van der Waals surface area contributed by atoms with Crippen molar-refractivity contribution in [1.82, 2.24) is 0 Å². The number of hydrogen-bond acceptors (Lipinski definition) is 2. The summed E-state index contributed by atoms with van der Waals surface area (Å²) in [5, 5.41) is 0. The van der Waals surface area contributed by atoms with Crippen molar-refractivity contribution >= 4 is 11.8 Å². The number of benzene rings is 2. The molecule has 0 heterocycles. The lowest BCUT2D eigenvalue weighted by Crippen LogP contribution is -2.01. The Kier molecular flexibility index (Phi) is 6.56. The van der Waals surface area contributed by atoms with E-state index in [1.54, 1.807) is 0 Å². The molecule has 24 heavy (non-hydrogen) atoms. The first kappa shape index (κ1) is 17.7. The van der Waals surface area contributed by atoms with Gasteiger partial charge < -0.3 is 4.74 Å². The minimum absolute atomic E-state index is 0.468. The molecule has 0 aliphatic heterocycles. The molecule has 0 amide bonds. The summed E-state index contributed by atoms with van der Waals surface area (Å²) < 4.78 is 5.79. The molecule has 124 valence electrons. The molecule has 2 aromatic rings. The zero-order valence-corrected chi connectivity index (χ0v) is 14.9. The smallest absolute Gasteiger partial charge is 0.130 e. The van der Waals surface area contributed by atoms with Crippen LogP contribution in [0.25, 0.3) is 6.08 Å². The van der Waals surface area contributed by atoms with E-state index in [1.807, 2.05) is 50.3 Å². The van der Waals surface area contributed by atoms with E-state index in [-0.39, 0.29) is 0 Å². The van der Waals surface area contributed by atoms with E-state index < -0.39 is 0 Å². The average Bonchev–Trinajstić information content (AvgIpc) is 2.59. The average molecular weight is 319 g/mol. The molecule has 0 aliphatic rings. The Hall–Kier alpha value is -2.61. The van der Waals surface area contributed by atoms with Crippen molar-refractivity contribution in [3.63, 3.8) is 0 Å². The summed E-state index contributed by atoms with van der Waals surface area (Å²) in [6.45, 7) is 8.60. The lowest BCUT2D eigenvalue weighted by atomic mass is 10.1. The van der Waals surface area contributed by atoms with Crippen LogP contribution >= 0.6 is 0 Å². The molecule has 0 aliphatic carbocycles. The van der Waals surface area contributed by atoms with Gasteiger partial charge in [-0.1, -0.05) is 59.7 Å². The molecule has 2 aromatic carbocycles. The van der Waals surface area contributed by atoms with Gasteiger partial charge in [-0.15, -0.1) is 0 Å². The first-order valence-corrected chi connectivity index (χ1v) is 8.21. The van der Waals surface area contributed by atoms with Crippen LogP contribution in [0.3, 0.4) is 0 Å². The summed E-state index contributed by atoms with van der Waals surface area (Å²) in [6.07, 6.45) is 6.09. The number of aliphatic imine (C=N–C) groups is 1. The zero-order valence-electron chi connectivity index (χ0n) is 14.9. The minimum Gasteiger partial charge on any atom is -0.487 e. The number of nitrogens with zero attached hydrogens (tertiary/aromatic N) is 1. The van der Waals surface area contributed by atoms with Crippen LogP contribution in [-0.4, -0.2) is 12.3 Å². The molecule has 2 rings (SSSR count). The molecule has 0 N–H and O–H groups in total. The number of ether oxygens (including phenoxy) is 1. The van der Waals surface area contributed by atoms with E-state index in [0.717, 1.165) is 17.2 Å². The maximum Gasteiger partial charge on any atom is 0.130 e. The van der Waals surface area contributed by atoms with Crippen LogP contribution < -0.4 is 4.74 Å². The highest BCUT2D eigenvalue weighted by atomic mass is 16.5. The standard InChI is InChI=1S/C22H25NO/c1-5-21(16-24-22-14-8-18(3)9-15-22)23-19(4)10-13-20-11-6-17(2)7-12-20/h5-15H,16H2,1-4H3/b13-10+,21-5-,23-19-. The second kappa shape index (κ2) is 8.88. The van der Waals surface area contributed by atoms with Gasteiger partial charge in [0.05, 0.1) is 5.70 Å². The van der Waals surface area contributed by atoms with Crippen LogP contribution in [0.1, 0.15) is 30.5 Å². The number of aryl methyl sites for hydroxylation is 2. The summed E-state index contributed by atoms with van der Waals surface area (Å²) in [6, 6.07) is 16.5. The number of allylic oxidation sites excluding steroid dienone is 2. The van der Waals surface area contributed by atoms with Gasteiger partial charge in [-0.25, -0.2) is 0 Å². The third-order valence-corrected chi connectivity index (χ3v) is 3.66. The van der Waals surface area contributed by atoms with E-state index in [4.69, 9.17) is 4.74 Å². The number of hydrogen-bond donors (Lipinski definition) is 0. The minimum atomic E-state index is 0.468. The monoisotopic (exact) mass is 319 g/mol. The SMILES string of the molecule is C\C=C(COc1ccc(C)cc1)/N=C(C)\C=C\c1ccc(C)cc1. The van der Waals surface area contributed by atoms with Crippen LogP contribution in [0.5, 0.6) is 5.75 Å². The molecule has 0 bridgehead atoms. The molecule has 0 atom stereocenters. The van der Waals surface area contributed by atoms with Crippen molar-refractivity contribution in [3.8, 4) is 5.75 Å². The quantitative estimate of drug-likeness (QED) is 0.620. The van der Waals surface area contributed by atoms with E-state index in [2.05, 4.69) is 49.2 Å². The summed E-state index contributed by atoms with van der Waals surface area (Å²) in [5.74, 6) is 0.864. The maximum absolute atomic E-state index is 5.79. The largest absolute Gasteiger partial charge is 0.487 e. The fraction of sp³-hybridized carbons (Fsp3) is 0.227. The third-order valence-electron chi connectivity index (χ3n) is 3.66.